The van der Waals surface area contributed by atoms with Gasteiger partial charge in [0.1, 0.15) is 0 Å². The molecule has 1 aromatic rings. The number of hydrogen-bond acceptors (Lipinski definition) is 3. The lowest BCUT2D eigenvalue weighted by atomic mass is 10.0. The van der Waals surface area contributed by atoms with Gasteiger partial charge in [0.2, 0.25) is 5.91 Å². The molecule has 4 heteroatoms. The summed E-state index contributed by atoms with van der Waals surface area (Å²) < 4.78 is 5.47. The van der Waals surface area contributed by atoms with E-state index in [4.69, 9.17) is 4.74 Å². The Balaban J connectivity index is 2.15. The zero-order valence-corrected chi connectivity index (χ0v) is 12.8. The highest BCUT2D eigenvalue weighted by Crippen LogP contribution is 2.24. The van der Waals surface area contributed by atoms with Gasteiger partial charge >= 0.3 is 0 Å². The van der Waals surface area contributed by atoms with Crippen LogP contribution in [-0.4, -0.2) is 38.8 Å². The fraction of sp³-hybridized carbons (Fsp3) is 0.562. The van der Waals surface area contributed by atoms with Crippen molar-refractivity contribution in [3.8, 4) is 0 Å². The van der Waals surface area contributed by atoms with Gasteiger partial charge in [-0.3, -0.25) is 4.79 Å². The smallest absolute Gasteiger partial charge is 0.233 e. The average molecular weight is 276 g/mol. The molecule has 1 aliphatic heterocycles. The Labute approximate surface area is 121 Å². The molecule has 1 fully saturated rings. The first kappa shape index (κ1) is 15.0. The van der Waals surface area contributed by atoms with Crippen molar-refractivity contribution < 1.29 is 9.53 Å². The van der Waals surface area contributed by atoms with Gasteiger partial charge in [0, 0.05) is 18.8 Å². The Bertz CT molecular complexity index is 487. The summed E-state index contributed by atoms with van der Waals surface area (Å²) in [5, 5.41) is 3.33. The van der Waals surface area contributed by atoms with Gasteiger partial charge in [-0.2, -0.15) is 0 Å². The molecule has 0 radical (unpaired) electrons. The number of benzene rings is 1. The Morgan fingerprint density at radius 2 is 2.15 bits per heavy atom. The number of likely N-dealkylation sites (N-methyl/N-ethyl adjacent to an activating group) is 1. The average Bonchev–Trinajstić information content (AvgIpc) is 2.86. The van der Waals surface area contributed by atoms with Crippen molar-refractivity contribution >= 4 is 11.6 Å². The van der Waals surface area contributed by atoms with Crippen LogP contribution in [0, 0.1) is 19.8 Å². The van der Waals surface area contributed by atoms with Gasteiger partial charge in [0.05, 0.1) is 19.1 Å². The maximum atomic E-state index is 12.7. The number of carbonyl (C=O) groups excluding carboxylic acids is 1. The minimum atomic E-state index is -0.0966. The van der Waals surface area contributed by atoms with Crippen LogP contribution in [0.2, 0.25) is 0 Å². The quantitative estimate of drug-likeness (QED) is 0.913. The summed E-state index contributed by atoms with van der Waals surface area (Å²) >= 11 is 0. The zero-order valence-electron chi connectivity index (χ0n) is 12.8. The number of ether oxygens (including phenoxy) is 1. The van der Waals surface area contributed by atoms with E-state index in [1.807, 2.05) is 33.0 Å². The van der Waals surface area contributed by atoms with Gasteiger partial charge in [0.25, 0.3) is 0 Å². The number of amides is 1. The van der Waals surface area contributed by atoms with Crippen molar-refractivity contribution in [2.45, 2.75) is 26.8 Å². The molecule has 4 nitrogen and oxygen atoms in total. The maximum absolute atomic E-state index is 12.7. The van der Waals surface area contributed by atoms with Gasteiger partial charge in [0.15, 0.2) is 0 Å². The van der Waals surface area contributed by atoms with Crippen molar-refractivity contribution in [2.75, 3.05) is 31.7 Å². The molecule has 0 saturated carbocycles. The third kappa shape index (κ3) is 3.02. The van der Waals surface area contributed by atoms with Crippen LogP contribution in [0.25, 0.3) is 0 Å². The molecule has 1 aliphatic rings. The van der Waals surface area contributed by atoms with Gasteiger partial charge in [-0.1, -0.05) is 24.6 Å². The lowest BCUT2D eigenvalue weighted by Crippen LogP contribution is -2.44. The molecule has 20 heavy (non-hydrogen) atoms. The van der Waals surface area contributed by atoms with E-state index in [2.05, 4.69) is 18.3 Å². The van der Waals surface area contributed by atoms with Gasteiger partial charge < -0.3 is 15.0 Å². The highest BCUT2D eigenvalue weighted by Gasteiger charge is 2.35. The van der Waals surface area contributed by atoms with Crippen LogP contribution < -0.4 is 10.2 Å². The SMILES string of the molecule is CCNC1COCC1C(=O)N(C)c1ccc(C)cc1C. The van der Waals surface area contributed by atoms with Crippen molar-refractivity contribution in [1.82, 2.24) is 5.32 Å². The molecule has 2 unspecified atom stereocenters. The number of nitrogens with zero attached hydrogens (tertiary/aromatic N) is 1. The van der Waals surface area contributed by atoms with E-state index in [1.54, 1.807) is 4.90 Å². The monoisotopic (exact) mass is 276 g/mol. The number of anilines is 1. The molecule has 0 spiro atoms. The molecule has 2 rings (SSSR count). The topological polar surface area (TPSA) is 41.6 Å². The predicted molar refractivity (Wildman–Crippen MR) is 81.1 cm³/mol. The Morgan fingerprint density at radius 1 is 1.40 bits per heavy atom. The molecular weight excluding hydrogens is 252 g/mol. The van der Waals surface area contributed by atoms with Crippen molar-refractivity contribution in [1.29, 1.82) is 0 Å². The van der Waals surface area contributed by atoms with Gasteiger partial charge in [-0.15, -0.1) is 0 Å². The maximum Gasteiger partial charge on any atom is 0.233 e. The van der Waals surface area contributed by atoms with Gasteiger partial charge in [-0.05, 0) is 32.0 Å². The molecular formula is C16H24N2O2. The minimum absolute atomic E-state index is 0.0966. The molecule has 2 atom stereocenters. The minimum Gasteiger partial charge on any atom is -0.379 e. The Kier molecular flexibility index (Phi) is 4.78. The van der Waals surface area contributed by atoms with E-state index in [0.29, 0.717) is 13.2 Å². The van der Waals surface area contributed by atoms with Crippen molar-refractivity contribution in [3.63, 3.8) is 0 Å². The summed E-state index contributed by atoms with van der Waals surface area (Å²) in [6.45, 7) is 8.12. The third-order valence-electron chi connectivity index (χ3n) is 3.91. The third-order valence-corrected chi connectivity index (χ3v) is 3.91. The summed E-state index contributed by atoms with van der Waals surface area (Å²) in [7, 11) is 1.85. The Morgan fingerprint density at radius 3 is 2.80 bits per heavy atom. The summed E-state index contributed by atoms with van der Waals surface area (Å²) in [6.07, 6.45) is 0. The molecule has 0 bridgehead atoms. The van der Waals surface area contributed by atoms with Crippen LogP contribution in [0.5, 0.6) is 0 Å². The lowest BCUT2D eigenvalue weighted by Gasteiger charge is -2.25. The number of rotatable bonds is 4. The van der Waals surface area contributed by atoms with E-state index in [9.17, 15) is 4.79 Å². The number of aryl methyl sites for hydroxylation is 2. The van der Waals surface area contributed by atoms with E-state index < -0.39 is 0 Å². The summed E-state index contributed by atoms with van der Waals surface area (Å²) in [4.78, 5) is 14.4. The molecule has 0 aromatic heterocycles. The molecule has 1 N–H and O–H groups in total. The first-order valence-electron chi connectivity index (χ1n) is 7.20. The predicted octanol–water partition coefficient (Wildman–Crippen LogP) is 1.89. The standard InChI is InChI=1S/C16H24N2O2/c1-5-17-14-10-20-9-13(14)16(19)18(4)15-7-6-11(2)8-12(15)3/h6-8,13-14,17H,5,9-10H2,1-4H3. The first-order chi connectivity index (χ1) is 9.54. The highest BCUT2D eigenvalue weighted by molar-refractivity contribution is 5.96. The zero-order chi connectivity index (χ0) is 14.7. The van der Waals surface area contributed by atoms with Crippen LogP contribution >= 0.6 is 0 Å². The lowest BCUT2D eigenvalue weighted by molar-refractivity contribution is -0.122. The van der Waals surface area contributed by atoms with Crippen LogP contribution in [-0.2, 0) is 9.53 Å². The summed E-state index contributed by atoms with van der Waals surface area (Å²) in [5.41, 5.74) is 3.31. The largest absolute Gasteiger partial charge is 0.379 e. The van der Waals surface area contributed by atoms with Gasteiger partial charge in [-0.25, -0.2) is 0 Å². The molecule has 0 aliphatic carbocycles. The summed E-state index contributed by atoms with van der Waals surface area (Å²) in [6, 6.07) is 6.28. The first-order valence-corrected chi connectivity index (χ1v) is 7.20. The summed E-state index contributed by atoms with van der Waals surface area (Å²) in [5.74, 6) is 0.0288. The van der Waals surface area contributed by atoms with E-state index in [1.165, 1.54) is 5.56 Å². The molecule has 1 amide bonds. The van der Waals surface area contributed by atoms with Crippen LogP contribution in [0.4, 0.5) is 5.69 Å². The highest BCUT2D eigenvalue weighted by atomic mass is 16.5. The van der Waals surface area contributed by atoms with E-state index in [-0.39, 0.29) is 17.9 Å². The second-order valence-corrected chi connectivity index (χ2v) is 5.50. The van der Waals surface area contributed by atoms with Crippen molar-refractivity contribution in [2.24, 2.45) is 5.92 Å². The van der Waals surface area contributed by atoms with Crippen LogP contribution in [0.15, 0.2) is 18.2 Å². The second kappa shape index (κ2) is 6.37. The molecule has 110 valence electrons. The number of nitrogens with one attached hydrogen (secondary N) is 1. The van der Waals surface area contributed by atoms with Crippen LogP contribution in [0.3, 0.4) is 0 Å². The van der Waals surface area contributed by atoms with Crippen LogP contribution in [0.1, 0.15) is 18.1 Å². The number of hydrogen-bond donors (Lipinski definition) is 1. The van der Waals surface area contributed by atoms with E-state index >= 15 is 0 Å². The molecule has 1 heterocycles. The van der Waals surface area contributed by atoms with E-state index in [0.717, 1.165) is 17.8 Å². The fourth-order valence-corrected chi connectivity index (χ4v) is 2.81. The molecule has 1 aromatic carbocycles. The number of carbonyl (C=O) groups is 1. The fourth-order valence-electron chi connectivity index (χ4n) is 2.81. The normalized spacial score (nSPS) is 22.0. The van der Waals surface area contributed by atoms with Crippen molar-refractivity contribution in [3.05, 3.63) is 29.3 Å². The second-order valence-electron chi connectivity index (χ2n) is 5.50. The Hall–Kier alpha value is -1.39. The molecule has 1 saturated heterocycles.